The van der Waals surface area contributed by atoms with Gasteiger partial charge in [-0.05, 0) is 62.8 Å². The Morgan fingerprint density at radius 3 is 2.34 bits per heavy atom. The molecule has 3 fully saturated rings. The van der Waals surface area contributed by atoms with Crippen LogP contribution in [-0.4, -0.2) is 60.4 Å². The number of carbonyl (C=O) groups excluding carboxylic acids is 2. The summed E-state index contributed by atoms with van der Waals surface area (Å²) in [6.45, 7) is 2.35. The van der Waals surface area contributed by atoms with Crippen molar-refractivity contribution >= 4 is 17.8 Å². The number of halogens is 1. The second kappa shape index (κ2) is 11.5. The van der Waals surface area contributed by atoms with Gasteiger partial charge in [-0.2, -0.15) is 0 Å². The van der Waals surface area contributed by atoms with Crippen LogP contribution in [0.5, 0.6) is 11.5 Å². The molecule has 0 spiro atoms. The fourth-order valence-corrected chi connectivity index (χ4v) is 5.93. The van der Waals surface area contributed by atoms with Crippen molar-refractivity contribution in [1.29, 1.82) is 0 Å². The number of amides is 2. The van der Waals surface area contributed by atoms with Crippen molar-refractivity contribution in [3.05, 3.63) is 23.5 Å². The molecule has 0 bridgehead atoms. The van der Waals surface area contributed by atoms with Crippen molar-refractivity contribution in [2.45, 2.75) is 83.3 Å². The predicted octanol–water partition coefficient (Wildman–Crippen LogP) is 3.42. The highest BCUT2D eigenvalue weighted by atomic mass is 19.1. The molecule has 1 aromatic carbocycles. The SMILES string of the molecule is COc1cc(F)c(O[C@H]2CC[C@@](CO)(C(=O)O)CC2)cc1C(=O)N[C@@H]1CCC[C@@H]1C(=O)NCC1(C)CCC1. The van der Waals surface area contributed by atoms with Crippen molar-refractivity contribution < 1.29 is 38.5 Å². The Labute approximate surface area is 222 Å². The molecule has 4 rings (SSSR count). The Bertz CT molecular complexity index is 1050. The standard InChI is InChI=1S/C28H39FN2O7/c1-27(9-4-10-27)15-30-24(33)18-5-3-6-21(18)31-25(34)19-13-23(20(29)14-22(19)37-2)38-17-7-11-28(16-32,12-8-17)26(35)36/h13-14,17-18,21,32H,3-12,15-16H2,1-2H3,(H,30,33)(H,31,34)(H,35,36)/t17-,18-,21+,28+/m0/s1. The number of benzene rings is 1. The van der Waals surface area contributed by atoms with Gasteiger partial charge in [-0.15, -0.1) is 0 Å². The smallest absolute Gasteiger partial charge is 0.311 e. The Kier molecular flexibility index (Phi) is 8.49. The van der Waals surface area contributed by atoms with E-state index in [0.717, 1.165) is 25.3 Å². The number of ether oxygens (including phenoxy) is 2. The van der Waals surface area contributed by atoms with Gasteiger partial charge in [-0.1, -0.05) is 19.8 Å². The summed E-state index contributed by atoms with van der Waals surface area (Å²) in [5.41, 5.74) is -0.942. The van der Waals surface area contributed by atoms with E-state index in [0.29, 0.717) is 32.2 Å². The van der Waals surface area contributed by atoms with Gasteiger partial charge >= 0.3 is 5.97 Å². The minimum Gasteiger partial charge on any atom is -0.496 e. The number of hydrogen-bond acceptors (Lipinski definition) is 6. The first-order valence-electron chi connectivity index (χ1n) is 13.6. The van der Waals surface area contributed by atoms with Gasteiger partial charge in [0.15, 0.2) is 11.6 Å². The quantitative estimate of drug-likeness (QED) is 0.361. The summed E-state index contributed by atoms with van der Waals surface area (Å²) < 4.78 is 26.0. The number of methoxy groups -OCH3 is 1. The number of aliphatic hydroxyl groups is 1. The average Bonchev–Trinajstić information content (AvgIpc) is 3.35. The summed E-state index contributed by atoms with van der Waals surface area (Å²) in [6.07, 6.45) is 6.21. The molecule has 0 aliphatic heterocycles. The maximum Gasteiger partial charge on any atom is 0.311 e. The lowest BCUT2D eigenvalue weighted by atomic mass is 9.70. The number of carbonyl (C=O) groups is 3. The molecule has 0 radical (unpaired) electrons. The third kappa shape index (κ3) is 5.90. The lowest BCUT2D eigenvalue weighted by Gasteiger charge is -2.38. The minimum atomic E-state index is -1.21. The van der Waals surface area contributed by atoms with E-state index < -0.39 is 35.8 Å². The van der Waals surface area contributed by atoms with E-state index in [1.165, 1.54) is 19.6 Å². The van der Waals surface area contributed by atoms with E-state index in [1.54, 1.807) is 0 Å². The number of carboxylic acids is 1. The molecule has 0 unspecified atom stereocenters. The third-order valence-corrected chi connectivity index (χ3v) is 8.86. The number of aliphatic hydroxyl groups excluding tert-OH is 1. The minimum absolute atomic E-state index is 0.0476. The lowest BCUT2D eigenvalue weighted by Crippen LogP contribution is -2.47. The molecule has 0 saturated heterocycles. The molecular weight excluding hydrogens is 495 g/mol. The topological polar surface area (TPSA) is 134 Å². The molecule has 210 valence electrons. The second-order valence-electron chi connectivity index (χ2n) is 11.5. The van der Waals surface area contributed by atoms with E-state index in [4.69, 9.17) is 9.47 Å². The van der Waals surface area contributed by atoms with Gasteiger partial charge in [0.25, 0.3) is 5.91 Å². The van der Waals surface area contributed by atoms with Crippen LogP contribution in [0.4, 0.5) is 4.39 Å². The Hall–Kier alpha value is -2.88. The molecular formula is C28H39FN2O7. The van der Waals surface area contributed by atoms with Crippen LogP contribution in [0.1, 0.15) is 81.5 Å². The molecule has 4 N–H and O–H groups in total. The zero-order valence-corrected chi connectivity index (χ0v) is 22.2. The van der Waals surface area contributed by atoms with Gasteiger partial charge in [0.2, 0.25) is 5.91 Å². The van der Waals surface area contributed by atoms with Crippen molar-refractivity contribution in [1.82, 2.24) is 10.6 Å². The zero-order valence-electron chi connectivity index (χ0n) is 22.2. The Balaban J connectivity index is 1.41. The lowest BCUT2D eigenvalue weighted by molar-refractivity contribution is -0.155. The largest absolute Gasteiger partial charge is 0.496 e. The van der Waals surface area contributed by atoms with Crippen LogP contribution in [0.2, 0.25) is 0 Å². The van der Waals surface area contributed by atoms with Gasteiger partial charge in [0.05, 0.1) is 36.7 Å². The van der Waals surface area contributed by atoms with Gasteiger partial charge < -0.3 is 30.3 Å². The molecule has 2 amide bonds. The fraction of sp³-hybridized carbons (Fsp3) is 0.679. The maximum atomic E-state index is 14.8. The van der Waals surface area contributed by atoms with Crippen LogP contribution in [-0.2, 0) is 9.59 Å². The van der Waals surface area contributed by atoms with Crippen molar-refractivity contribution in [3.8, 4) is 11.5 Å². The van der Waals surface area contributed by atoms with Crippen molar-refractivity contribution in [2.75, 3.05) is 20.3 Å². The molecule has 10 heteroatoms. The molecule has 9 nitrogen and oxygen atoms in total. The fourth-order valence-electron chi connectivity index (χ4n) is 5.93. The van der Waals surface area contributed by atoms with Crippen molar-refractivity contribution in [2.24, 2.45) is 16.7 Å². The molecule has 3 saturated carbocycles. The molecule has 1 aromatic rings. The van der Waals surface area contributed by atoms with E-state index >= 15 is 0 Å². The van der Waals surface area contributed by atoms with Crippen LogP contribution in [0, 0.1) is 22.6 Å². The Morgan fingerprint density at radius 1 is 1.05 bits per heavy atom. The number of carboxylic acid groups (broad SMARTS) is 1. The molecule has 38 heavy (non-hydrogen) atoms. The van der Waals surface area contributed by atoms with E-state index in [-0.39, 0.29) is 53.2 Å². The first-order chi connectivity index (χ1) is 18.1. The first kappa shape index (κ1) is 28.1. The number of rotatable bonds is 10. The number of nitrogens with one attached hydrogen (secondary N) is 2. The summed E-state index contributed by atoms with van der Waals surface area (Å²) >= 11 is 0. The third-order valence-electron chi connectivity index (χ3n) is 8.86. The highest BCUT2D eigenvalue weighted by molar-refractivity contribution is 5.98. The average molecular weight is 535 g/mol. The van der Waals surface area contributed by atoms with Gasteiger partial charge in [-0.25, -0.2) is 4.39 Å². The highest BCUT2D eigenvalue weighted by Crippen LogP contribution is 2.40. The number of aliphatic carboxylic acids is 1. The molecule has 0 aromatic heterocycles. The van der Waals surface area contributed by atoms with Crippen LogP contribution in [0.15, 0.2) is 12.1 Å². The van der Waals surface area contributed by atoms with Crippen LogP contribution >= 0.6 is 0 Å². The van der Waals surface area contributed by atoms with Crippen molar-refractivity contribution in [3.63, 3.8) is 0 Å². The summed E-state index contributed by atoms with van der Waals surface area (Å²) in [5, 5.41) is 25.1. The monoisotopic (exact) mass is 534 g/mol. The van der Waals surface area contributed by atoms with Gasteiger partial charge in [0.1, 0.15) is 5.75 Å². The summed E-state index contributed by atoms with van der Waals surface area (Å²) in [7, 11) is 1.35. The van der Waals surface area contributed by atoms with Gasteiger partial charge in [-0.3, -0.25) is 14.4 Å². The predicted molar refractivity (Wildman–Crippen MR) is 137 cm³/mol. The summed E-state index contributed by atoms with van der Waals surface area (Å²) in [4.78, 5) is 37.8. The number of hydrogen-bond donors (Lipinski definition) is 4. The van der Waals surface area contributed by atoms with E-state index in [9.17, 15) is 29.0 Å². The highest BCUT2D eigenvalue weighted by Gasteiger charge is 2.42. The maximum absolute atomic E-state index is 14.8. The second-order valence-corrected chi connectivity index (χ2v) is 11.5. The summed E-state index contributed by atoms with van der Waals surface area (Å²) in [6, 6.07) is 2.06. The summed E-state index contributed by atoms with van der Waals surface area (Å²) in [5.74, 6) is -2.67. The van der Waals surface area contributed by atoms with Gasteiger partial charge in [0, 0.05) is 18.7 Å². The first-order valence-corrected chi connectivity index (χ1v) is 13.6. The Morgan fingerprint density at radius 2 is 1.76 bits per heavy atom. The van der Waals surface area contributed by atoms with E-state index in [2.05, 4.69) is 17.6 Å². The normalized spacial score (nSPS) is 28.2. The zero-order chi connectivity index (χ0) is 27.5. The molecule has 3 aliphatic carbocycles. The van der Waals surface area contributed by atoms with Crippen LogP contribution < -0.4 is 20.1 Å². The van der Waals surface area contributed by atoms with E-state index in [1.807, 2.05) is 0 Å². The molecule has 0 heterocycles. The molecule has 3 aliphatic rings. The van der Waals surface area contributed by atoms with Crippen LogP contribution in [0.3, 0.4) is 0 Å². The molecule has 2 atom stereocenters. The van der Waals surface area contributed by atoms with Crippen LogP contribution in [0.25, 0.3) is 0 Å².